The number of aliphatic hydroxyl groups excluding tert-OH is 3. The van der Waals surface area contributed by atoms with Gasteiger partial charge in [0, 0.05) is 0 Å². The van der Waals surface area contributed by atoms with Gasteiger partial charge in [0.05, 0.1) is 0 Å². The van der Waals surface area contributed by atoms with E-state index in [1.165, 1.54) is 6.08 Å². The van der Waals surface area contributed by atoms with Crippen LogP contribution in [0.15, 0.2) is 36.1 Å². The molecule has 0 spiro atoms. The van der Waals surface area contributed by atoms with Gasteiger partial charge in [-0.25, -0.2) is 0 Å². The molecule has 1 aromatic rings. The average Bonchev–Trinajstić information content (AvgIpc) is 2.55. The zero-order chi connectivity index (χ0) is 17.0. The minimum absolute atomic E-state index is 0.257. The molecular formula is C15H16BrClO6. The van der Waals surface area contributed by atoms with Crippen molar-refractivity contribution in [3.05, 3.63) is 41.7 Å². The lowest BCUT2D eigenvalue weighted by molar-refractivity contribution is -0.209. The molecule has 1 aromatic carbocycles. The Morgan fingerprint density at radius 3 is 2.57 bits per heavy atom. The quantitative estimate of drug-likeness (QED) is 0.398. The van der Waals surface area contributed by atoms with E-state index in [-0.39, 0.29) is 5.76 Å². The summed E-state index contributed by atoms with van der Waals surface area (Å²) in [5.41, 5.74) is 0.701. The Bertz CT molecular complexity index is 566. The van der Waals surface area contributed by atoms with Crippen molar-refractivity contribution in [2.75, 3.05) is 5.88 Å². The summed E-state index contributed by atoms with van der Waals surface area (Å²) in [6.45, 7) is 0. The highest BCUT2D eigenvalue weighted by Crippen LogP contribution is 2.30. The summed E-state index contributed by atoms with van der Waals surface area (Å²) in [5, 5.41) is 29.6. The summed E-state index contributed by atoms with van der Waals surface area (Å²) in [6.07, 6.45) is -3.79. The molecule has 0 amide bonds. The SMILES string of the molecule is O=C(CCl)O[C@H]1[C@@H](O)[C@@H](C(O)=Cc2ccccc2)O[C@H](Br)[C@@H]1O. The number of carbonyl (C=O) groups is 1. The van der Waals surface area contributed by atoms with E-state index in [1.54, 1.807) is 24.3 Å². The molecule has 0 unspecified atom stereocenters. The van der Waals surface area contributed by atoms with Gasteiger partial charge in [0.2, 0.25) is 0 Å². The molecule has 0 saturated carbocycles. The van der Waals surface area contributed by atoms with E-state index < -0.39 is 41.3 Å². The first-order valence-electron chi connectivity index (χ1n) is 6.80. The molecule has 23 heavy (non-hydrogen) atoms. The van der Waals surface area contributed by atoms with Crippen LogP contribution >= 0.6 is 27.5 Å². The van der Waals surface area contributed by atoms with E-state index in [0.717, 1.165) is 0 Å². The summed E-state index contributed by atoms with van der Waals surface area (Å²) in [5.74, 6) is -1.46. The molecule has 0 radical (unpaired) electrons. The van der Waals surface area contributed by atoms with Gasteiger partial charge in [0.25, 0.3) is 0 Å². The standard InChI is InChI=1S/C15H16BrClO6/c16-15-12(21)14(22-10(19)7-17)11(20)13(23-15)9(18)6-8-4-2-1-3-5-8/h1-6,11-15,18,20-21H,7H2/t11-,12+,13+,14-,15-/m0/s1. The van der Waals surface area contributed by atoms with Gasteiger partial charge in [-0.05, 0) is 11.6 Å². The highest BCUT2D eigenvalue weighted by molar-refractivity contribution is 9.09. The third-order valence-electron chi connectivity index (χ3n) is 3.31. The van der Waals surface area contributed by atoms with Crippen LogP contribution in [0.2, 0.25) is 0 Å². The van der Waals surface area contributed by atoms with Crippen molar-refractivity contribution in [2.45, 2.75) is 29.4 Å². The molecule has 1 aliphatic rings. The first-order valence-corrected chi connectivity index (χ1v) is 8.25. The Labute approximate surface area is 146 Å². The highest BCUT2D eigenvalue weighted by Gasteiger charge is 2.47. The van der Waals surface area contributed by atoms with Gasteiger partial charge in [-0.3, -0.25) is 4.79 Å². The molecule has 5 atom stereocenters. The number of esters is 1. The minimum Gasteiger partial charge on any atom is -0.509 e. The summed E-state index contributed by atoms with van der Waals surface area (Å²) < 4.78 is 10.3. The van der Waals surface area contributed by atoms with Crippen LogP contribution in [0.5, 0.6) is 0 Å². The van der Waals surface area contributed by atoms with Gasteiger partial charge in [-0.15, -0.1) is 11.6 Å². The van der Waals surface area contributed by atoms with Crippen LogP contribution in [0.3, 0.4) is 0 Å². The van der Waals surface area contributed by atoms with Crippen molar-refractivity contribution >= 4 is 39.6 Å². The Morgan fingerprint density at radius 1 is 1.30 bits per heavy atom. The van der Waals surface area contributed by atoms with Crippen LogP contribution in [-0.4, -0.2) is 56.6 Å². The maximum absolute atomic E-state index is 11.3. The number of halogens is 2. The molecule has 0 aliphatic carbocycles. The van der Waals surface area contributed by atoms with E-state index in [9.17, 15) is 20.1 Å². The summed E-state index contributed by atoms with van der Waals surface area (Å²) in [7, 11) is 0. The van der Waals surface area contributed by atoms with E-state index in [0.29, 0.717) is 5.56 Å². The zero-order valence-corrected chi connectivity index (χ0v) is 14.2. The maximum atomic E-state index is 11.3. The van der Waals surface area contributed by atoms with Crippen LogP contribution in [-0.2, 0) is 14.3 Å². The molecule has 1 fully saturated rings. The van der Waals surface area contributed by atoms with Crippen LogP contribution in [0, 0.1) is 0 Å². The third kappa shape index (κ3) is 4.45. The minimum atomic E-state index is -1.45. The molecule has 3 N–H and O–H groups in total. The van der Waals surface area contributed by atoms with Gasteiger partial charge in [-0.2, -0.15) is 0 Å². The molecule has 2 rings (SSSR count). The molecule has 8 heteroatoms. The van der Waals surface area contributed by atoms with Crippen molar-refractivity contribution in [2.24, 2.45) is 0 Å². The fraction of sp³-hybridized carbons (Fsp3) is 0.400. The molecule has 0 aromatic heterocycles. The van der Waals surface area contributed by atoms with Crippen LogP contribution in [0.4, 0.5) is 0 Å². The molecule has 1 saturated heterocycles. The van der Waals surface area contributed by atoms with Crippen LogP contribution in [0.1, 0.15) is 5.56 Å². The normalized spacial score (nSPS) is 31.7. The zero-order valence-electron chi connectivity index (χ0n) is 11.9. The second-order valence-electron chi connectivity index (χ2n) is 4.96. The monoisotopic (exact) mass is 406 g/mol. The van der Waals surface area contributed by atoms with Gasteiger partial charge in [0.1, 0.15) is 35.0 Å². The second-order valence-corrected chi connectivity index (χ2v) is 6.13. The number of aliphatic hydroxyl groups is 3. The van der Waals surface area contributed by atoms with Gasteiger partial charge >= 0.3 is 5.97 Å². The number of ether oxygens (including phenoxy) is 2. The third-order valence-corrected chi connectivity index (χ3v) is 4.29. The Kier molecular flexibility index (Phi) is 6.43. The second kappa shape index (κ2) is 8.12. The van der Waals surface area contributed by atoms with E-state index in [4.69, 9.17) is 21.1 Å². The number of carbonyl (C=O) groups excluding carboxylic acids is 1. The molecule has 126 valence electrons. The number of hydrogen-bond donors (Lipinski definition) is 3. The fourth-order valence-corrected chi connectivity index (χ4v) is 2.79. The van der Waals surface area contributed by atoms with Crippen LogP contribution in [0.25, 0.3) is 6.08 Å². The molecule has 1 heterocycles. The van der Waals surface area contributed by atoms with E-state index in [2.05, 4.69) is 15.9 Å². The lowest BCUT2D eigenvalue weighted by Crippen LogP contribution is -2.57. The highest BCUT2D eigenvalue weighted by atomic mass is 79.9. The Morgan fingerprint density at radius 2 is 1.96 bits per heavy atom. The van der Waals surface area contributed by atoms with Crippen molar-refractivity contribution in [3.63, 3.8) is 0 Å². The number of hydrogen-bond acceptors (Lipinski definition) is 6. The predicted octanol–water partition coefficient (Wildman–Crippen LogP) is 1.58. The largest absolute Gasteiger partial charge is 0.509 e. The van der Waals surface area contributed by atoms with E-state index in [1.807, 2.05) is 6.07 Å². The molecule has 0 bridgehead atoms. The summed E-state index contributed by atoms with van der Waals surface area (Å²) >= 11 is 8.45. The molecular weight excluding hydrogens is 392 g/mol. The first kappa shape index (κ1) is 18.2. The predicted molar refractivity (Wildman–Crippen MR) is 87.2 cm³/mol. The average molecular weight is 408 g/mol. The first-order chi connectivity index (χ1) is 10.9. The summed E-state index contributed by atoms with van der Waals surface area (Å²) in [4.78, 5) is 11.3. The number of alkyl halides is 2. The Hall–Kier alpha value is -1.12. The van der Waals surface area contributed by atoms with Crippen molar-refractivity contribution < 1.29 is 29.6 Å². The fourth-order valence-electron chi connectivity index (χ4n) is 2.19. The topological polar surface area (TPSA) is 96.2 Å². The number of benzene rings is 1. The lowest BCUT2D eigenvalue weighted by atomic mass is 9.97. The lowest BCUT2D eigenvalue weighted by Gasteiger charge is -2.39. The van der Waals surface area contributed by atoms with Gasteiger partial charge < -0.3 is 24.8 Å². The van der Waals surface area contributed by atoms with E-state index >= 15 is 0 Å². The van der Waals surface area contributed by atoms with Crippen molar-refractivity contribution in [1.82, 2.24) is 0 Å². The van der Waals surface area contributed by atoms with Crippen molar-refractivity contribution in [3.8, 4) is 0 Å². The molecule has 1 aliphatic heterocycles. The Balaban J connectivity index is 2.21. The molecule has 6 nitrogen and oxygen atoms in total. The maximum Gasteiger partial charge on any atom is 0.321 e. The van der Waals surface area contributed by atoms with Crippen LogP contribution < -0.4 is 0 Å². The van der Waals surface area contributed by atoms with Gasteiger partial charge in [0.15, 0.2) is 6.10 Å². The van der Waals surface area contributed by atoms with Crippen molar-refractivity contribution in [1.29, 1.82) is 0 Å². The summed E-state index contributed by atoms with van der Waals surface area (Å²) in [6, 6.07) is 8.93. The number of rotatable bonds is 4. The van der Waals surface area contributed by atoms with Gasteiger partial charge in [-0.1, -0.05) is 46.3 Å². The smallest absolute Gasteiger partial charge is 0.321 e.